The molecule has 0 aliphatic rings. The summed E-state index contributed by atoms with van der Waals surface area (Å²) in [7, 11) is -2.54. The van der Waals surface area contributed by atoms with E-state index in [9.17, 15) is 13.2 Å². The normalized spacial score (nSPS) is 11.3. The Morgan fingerprint density at radius 2 is 1.95 bits per heavy atom. The number of nitrogens with one attached hydrogen (secondary N) is 1. The summed E-state index contributed by atoms with van der Waals surface area (Å²) in [5.41, 5.74) is 1.37. The zero-order valence-corrected chi connectivity index (χ0v) is 13.3. The summed E-state index contributed by atoms with van der Waals surface area (Å²) < 4.78 is 32.0. The molecular weight excluding hydrogens is 310 g/mol. The Hall–Kier alpha value is -1.70. The van der Waals surface area contributed by atoms with Crippen LogP contribution in [0.4, 0.5) is 0 Å². The van der Waals surface area contributed by atoms with Crippen LogP contribution in [-0.4, -0.2) is 21.5 Å². The Balaban J connectivity index is 2.28. The number of benzene rings is 1. The maximum Gasteiger partial charge on any atom is 0.349 e. The van der Waals surface area contributed by atoms with Gasteiger partial charge in [0.25, 0.3) is 0 Å². The first-order valence-electron chi connectivity index (χ1n) is 6.15. The van der Waals surface area contributed by atoms with Crippen LogP contribution in [0.3, 0.4) is 0 Å². The Kier molecular flexibility index (Phi) is 4.76. The quantitative estimate of drug-likeness (QED) is 0.856. The number of carbonyl (C=O) groups is 1. The van der Waals surface area contributed by atoms with Gasteiger partial charge in [-0.25, -0.2) is 17.9 Å². The van der Waals surface area contributed by atoms with E-state index in [1.54, 1.807) is 12.3 Å². The number of carbonyl (C=O) groups excluding carboxylic acids is 1. The highest BCUT2D eigenvalue weighted by Gasteiger charge is 2.27. The van der Waals surface area contributed by atoms with Crippen LogP contribution in [0.2, 0.25) is 0 Å². The maximum atomic E-state index is 12.4. The van der Waals surface area contributed by atoms with Crippen LogP contribution >= 0.6 is 11.3 Å². The molecule has 5 nitrogen and oxygen atoms in total. The Labute approximate surface area is 127 Å². The standard InChI is InChI=1S/C14H15NO4S2/c1-10-9-20-12(14(16)19-2)13(10)21(17,18)15-8-11-6-4-3-5-7-11/h3-7,9,15H,8H2,1-2H3. The summed E-state index contributed by atoms with van der Waals surface area (Å²) in [6.45, 7) is 1.82. The van der Waals surface area contributed by atoms with Crippen LogP contribution in [0.1, 0.15) is 20.8 Å². The summed E-state index contributed by atoms with van der Waals surface area (Å²) in [6, 6.07) is 9.17. The Morgan fingerprint density at radius 3 is 2.57 bits per heavy atom. The van der Waals surface area contributed by atoms with Crippen molar-refractivity contribution < 1.29 is 17.9 Å². The zero-order valence-electron chi connectivity index (χ0n) is 11.6. The van der Waals surface area contributed by atoms with Gasteiger partial charge in [-0.15, -0.1) is 11.3 Å². The van der Waals surface area contributed by atoms with Gasteiger partial charge in [-0.2, -0.15) is 0 Å². The molecule has 2 aromatic rings. The second kappa shape index (κ2) is 6.38. The van der Waals surface area contributed by atoms with E-state index in [0.29, 0.717) is 5.56 Å². The lowest BCUT2D eigenvalue weighted by Crippen LogP contribution is -2.25. The largest absolute Gasteiger partial charge is 0.465 e. The molecule has 0 radical (unpaired) electrons. The lowest BCUT2D eigenvalue weighted by atomic mass is 10.2. The number of hydrogen-bond donors (Lipinski definition) is 1. The smallest absolute Gasteiger partial charge is 0.349 e. The number of thiophene rings is 1. The van der Waals surface area contributed by atoms with Crippen LogP contribution in [0.5, 0.6) is 0 Å². The average molecular weight is 325 g/mol. The summed E-state index contributed by atoms with van der Waals surface area (Å²) in [5.74, 6) is -0.645. The van der Waals surface area contributed by atoms with Crippen molar-refractivity contribution in [1.82, 2.24) is 4.72 Å². The van der Waals surface area contributed by atoms with Gasteiger partial charge < -0.3 is 4.74 Å². The first kappa shape index (κ1) is 15.7. The van der Waals surface area contributed by atoms with Gasteiger partial charge >= 0.3 is 5.97 Å². The minimum atomic E-state index is -3.77. The summed E-state index contributed by atoms with van der Waals surface area (Å²) >= 11 is 1.06. The average Bonchev–Trinajstić information content (AvgIpc) is 2.88. The first-order chi connectivity index (χ1) is 9.95. The van der Waals surface area contributed by atoms with Crippen molar-refractivity contribution in [3.8, 4) is 0 Å². The lowest BCUT2D eigenvalue weighted by Gasteiger charge is -2.08. The molecule has 0 aliphatic heterocycles. The van der Waals surface area contributed by atoms with Crippen LogP contribution in [0.25, 0.3) is 0 Å². The Bertz CT molecular complexity index is 736. The summed E-state index contributed by atoms with van der Waals surface area (Å²) in [6.07, 6.45) is 0. The van der Waals surface area contributed by atoms with Crippen LogP contribution in [0, 0.1) is 6.92 Å². The van der Waals surface area contributed by atoms with Gasteiger partial charge in [0.05, 0.1) is 7.11 Å². The van der Waals surface area contributed by atoms with Crippen molar-refractivity contribution in [2.24, 2.45) is 0 Å². The van der Waals surface area contributed by atoms with E-state index in [1.165, 1.54) is 7.11 Å². The molecule has 2 rings (SSSR count). The molecule has 0 saturated carbocycles. The molecule has 7 heteroatoms. The molecular formula is C14H15NO4S2. The number of methoxy groups -OCH3 is 1. The van der Waals surface area contributed by atoms with E-state index in [-0.39, 0.29) is 16.3 Å². The van der Waals surface area contributed by atoms with Gasteiger partial charge in [0, 0.05) is 6.54 Å². The number of rotatable bonds is 5. The fourth-order valence-corrected chi connectivity index (χ4v) is 4.57. The number of sulfonamides is 1. The molecule has 0 atom stereocenters. The highest BCUT2D eigenvalue weighted by molar-refractivity contribution is 7.89. The van der Waals surface area contributed by atoms with Crippen molar-refractivity contribution in [2.45, 2.75) is 18.4 Å². The fourth-order valence-electron chi connectivity index (χ4n) is 1.85. The molecule has 1 N–H and O–H groups in total. The third kappa shape index (κ3) is 3.49. The highest BCUT2D eigenvalue weighted by atomic mass is 32.2. The van der Waals surface area contributed by atoms with E-state index in [2.05, 4.69) is 9.46 Å². The van der Waals surface area contributed by atoms with Gasteiger partial charge in [-0.3, -0.25) is 0 Å². The molecule has 21 heavy (non-hydrogen) atoms. The molecule has 1 heterocycles. The molecule has 1 aromatic heterocycles. The van der Waals surface area contributed by atoms with Gasteiger partial charge in [-0.05, 0) is 23.4 Å². The zero-order chi connectivity index (χ0) is 15.5. The van der Waals surface area contributed by atoms with Crippen molar-refractivity contribution >= 4 is 27.3 Å². The minimum absolute atomic E-state index is 0.00437. The van der Waals surface area contributed by atoms with Gasteiger partial charge in [0.15, 0.2) is 0 Å². The third-order valence-electron chi connectivity index (χ3n) is 2.87. The second-order valence-corrected chi connectivity index (χ2v) is 6.96. The van der Waals surface area contributed by atoms with E-state index in [0.717, 1.165) is 16.9 Å². The lowest BCUT2D eigenvalue weighted by molar-refractivity contribution is 0.0602. The molecule has 112 valence electrons. The monoisotopic (exact) mass is 325 g/mol. The van der Waals surface area contributed by atoms with E-state index in [1.807, 2.05) is 30.3 Å². The topological polar surface area (TPSA) is 72.5 Å². The molecule has 0 unspecified atom stereocenters. The van der Waals surface area contributed by atoms with Crippen LogP contribution in [0.15, 0.2) is 40.6 Å². The molecule has 0 aliphatic carbocycles. The van der Waals surface area contributed by atoms with E-state index in [4.69, 9.17) is 0 Å². The van der Waals surface area contributed by atoms with Crippen molar-refractivity contribution in [3.63, 3.8) is 0 Å². The molecule has 0 spiro atoms. The fraction of sp³-hybridized carbons (Fsp3) is 0.214. The van der Waals surface area contributed by atoms with E-state index >= 15 is 0 Å². The van der Waals surface area contributed by atoms with Gasteiger partial charge in [0.2, 0.25) is 10.0 Å². The molecule has 0 amide bonds. The van der Waals surface area contributed by atoms with Crippen molar-refractivity contribution in [2.75, 3.05) is 7.11 Å². The highest BCUT2D eigenvalue weighted by Crippen LogP contribution is 2.27. The predicted octanol–water partition coefficient (Wildman–Crippen LogP) is 2.32. The number of ether oxygens (including phenoxy) is 1. The summed E-state index contributed by atoms with van der Waals surface area (Å²) in [5, 5.41) is 1.63. The van der Waals surface area contributed by atoms with Crippen molar-refractivity contribution in [1.29, 1.82) is 0 Å². The first-order valence-corrected chi connectivity index (χ1v) is 8.52. The molecule has 0 saturated heterocycles. The van der Waals surface area contributed by atoms with Crippen LogP contribution < -0.4 is 4.72 Å². The number of esters is 1. The molecule has 0 fully saturated rings. The summed E-state index contributed by atoms with van der Waals surface area (Å²) in [4.78, 5) is 11.8. The van der Waals surface area contributed by atoms with Crippen molar-refractivity contribution in [3.05, 3.63) is 51.7 Å². The predicted molar refractivity (Wildman–Crippen MR) is 80.9 cm³/mol. The SMILES string of the molecule is COC(=O)c1scc(C)c1S(=O)(=O)NCc1ccccc1. The second-order valence-electron chi connectivity index (χ2n) is 4.38. The minimum Gasteiger partial charge on any atom is -0.465 e. The van der Waals surface area contributed by atoms with E-state index < -0.39 is 16.0 Å². The van der Waals surface area contributed by atoms with Gasteiger partial charge in [-0.1, -0.05) is 30.3 Å². The molecule has 0 bridgehead atoms. The Morgan fingerprint density at radius 1 is 1.29 bits per heavy atom. The maximum absolute atomic E-state index is 12.4. The number of hydrogen-bond acceptors (Lipinski definition) is 5. The van der Waals surface area contributed by atoms with Gasteiger partial charge in [0.1, 0.15) is 9.77 Å². The number of aryl methyl sites for hydroxylation is 1. The van der Waals surface area contributed by atoms with Crippen LogP contribution in [-0.2, 0) is 21.3 Å². The third-order valence-corrected chi connectivity index (χ3v) is 5.66. The molecule has 1 aromatic carbocycles.